The van der Waals surface area contributed by atoms with Crippen molar-refractivity contribution in [1.82, 2.24) is 4.90 Å². The molecule has 0 saturated heterocycles. The van der Waals surface area contributed by atoms with Crippen molar-refractivity contribution in [2.45, 2.75) is 6.92 Å². The predicted octanol–water partition coefficient (Wildman–Crippen LogP) is 1.21. The molecule has 1 amide bonds. The molecule has 0 spiro atoms. The second kappa shape index (κ2) is 5.21. The van der Waals surface area contributed by atoms with E-state index in [4.69, 9.17) is 11.0 Å². The molecule has 1 rings (SSSR count). The quantitative estimate of drug-likeness (QED) is 0.606. The van der Waals surface area contributed by atoms with Gasteiger partial charge in [-0.25, -0.2) is 0 Å². The number of nitrogens with two attached hydrogens (primary N) is 1. The van der Waals surface area contributed by atoms with Crippen LogP contribution >= 0.6 is 0 Å². The van der Waals surface area contributed by atoms with Gasteiger partial charge in [-0.2, -0.15) is 5.26 Å². The number of aromatic hydroxyl groups is 1. The lowest BCUT2D eigenvalue weighted by atomic mass is 10.1. The zero-order chi connectivity index (χ0) is 13.0. The van der Waals surface area contributed by atoms with E-state index in [1.165, 1.54) is 23.1 Å². The lowest BCUT2D eigenvalue weighted by Gasteiger charge is -2.19. The van der Waals surface area contributed by atoms with Gasteiger partial charge in [-0.1, -0.05) is 0 Å². The van der Waals surface area contributed by atoms with Gasteiger partial charge in [-0.3, -0.25) is 4.79 Å². The highest BCUT2D eigenvalue weighted by molar-refractivity contribution is 5.99. The molecule has 1 aromatic carbocycles. The summed E-state index contributed by atoms with van der Waals surface area (Å²) >= 11 is 0. The summed E-state index contributed by atoms with van der Waals surface area (Å²) in [5.74, 6) is -0.563. The van der Waals surface area contributed by atoms with Gasteiger partial charge in [-0.15, -0.1) is 0 Å². The molecule has 5 heteroatoms. The minimum absolute atomic E-state index is 0.00992. The number of amides is 1. The van der Waals surface area contributed by atoms with E-state index in [0.717, 1.165) is 0 Å². The van der Waals surface area contributed by atoms with Gasteiger partial charge in [0.25, 0.3) is 5.91 Å². The summed E-state index contributed by atoms with van der Waals surface area (Å²) in [5, 5.41) is 18.0. The first-order chi connectivity index (χ1) is 7.95. The summed E-state index contributed by atoms with van der Waals surface area (Å²) in [6.07, 6.45) is 0. The summed E-state index contributed by atoms with van der Waals surface area (Å²) in [6, 6.07) is 6.28. The van der Waals surface area contributed by atoms with Crippen molar-refractivity contribution in [2.24, 2.45) is 5.92 Å². The van der Waals surface area contributed by atoms with E-state index in [9.17, 15) is 9.90 Å². The van der Waals surface area contributed by atoms with Crippen molar-refractivity contribution >= 4 is 11.6 Å². The Morgan fingerprint density at radius 2 is 2.29 bits per heavy atom. The molecule has 0 fully saturated rings. The number of carbonyl (C=O) groups excluding carboxylic acids is 1. The Balaban J connectivity index is 2.89. The molecule has 0 radical (unpaired) electrons. The number of nitrogens with zero attached hydrogens (tertiary/aromatic N) is 2. The molecule has 0 aliphatic rings. The molecule has 0 saturated carbocycles. The van der Waals surface area contributed by atoms with Gasteiger partial charge < -0.3 is 15.7 Å². The Labute approximate surface area is 100 Å². The number of rotatable bonds is 3. The highest BCUT2D eigenvalue weighted by atomic mass is 16.3. The lowest BCUT2D eigenvalue weighted by molar-refractivity contribution is 0.0785. The van der Waals surface area contributed by atoms with Crippen molar-refractivity contribution < 1.29 is 9.90 Å². The van der Waals surface area contributed by atoms with Gasteiger partial charge in [0.05, 0.1) is 17.6 Å². The van der Waals surface area contributed by atoms with Crippen LogP contribution in [0.3, 0.4) is 0 Å². The summed E-state index contributed by atoms with van der Waals surface area (Å²) in [7, 11) is 1.60. The molecule has 1 atom stereocenters. The maximum Gasteiger partial charge on any atom is 0.255 e. The average molecular weight is 233 g/mol. The maximum absolute atomic E-state index is 12.0. The molecule has 90 valence electrons. The number of nitriles is 1. The molecule has 0 bridgehead atoms. The van der Waals surface area contributed by atoms with Crippen LogP contribution in [0.25, 0.3) is 0 Å². The Morgan fingerprint density at radius 1 is 1.65 bits per heavy atom. The Kier molecular flexibility index (Phi) is 3.94. The molecule has 17 heavy (non-hydrogen) atoms. The van der Waals surface area contributed by atoms with E-state index in [2.05, 4.69) is 6.07 Å². The summed E-state index contributed by atoms with van der Waals surface area (Å²) in [6.45, 7) is 2.06. The van der Waals surface area contributed by atoms with Crippen LogP contribution in [0.15, 0.2) is 18.2 Å². The fourth-order valence-corrected chi connectivity index (χ4v) is 1.47. The van der Waals surface area contributed by atoms with E-state index in [1.54, 1.807) is 14.0 Å². The van der Waals surface area contributed by atoms with E-state index >= 15 is 0 Å². The predicted molar refractivity (Wildman–Crippen MR) is 64.3 cm³/mol. The largest absolute Gasteiger partial charge is 0.508 e. The molecular formula is C12H15N3O2. The van der Waals surface area contributed by atoms with Crippen molar-refractivity contribution in [1.29, 1.82) is 5.26 Å². The van der Waals surface area contributed by atoms with Gasteiger partial charge in [0.2, 0.25) is 0 Å². The van der Waals surface area contributed by atoms with E-state index in [0.29, 0.717) is 12.2 Å². The molecule has 0 aliphatic heterocycles. The van der Waals surface area contributed by atoms with Crippen molar-refractivity contribution in [3.05, 3.63) is 23.8 Å². The number of phenolic OH excluding ortho intramolecular Hbond substituents is 1. The smallest absolute Gasteiger partial charge is 0.255 e. The summed E-state index contributed by atoms with van der Waals surface area (Å²) < 4.78 is 0. The number of carbonyl (C=O) groups is 1. The summed E-state index contributed by atoms with van der Waals surface area (Å²) in [5.41, 5.74) is 6.23. The normalized spacial score (nSPS) is 11.6. The third-order valence-corrected chi connectivity index (χ3v) is 2.38. The SMILES string of the molecule is CC(C#N)CN(C)C(=O)c1cc(O)ccc1N. The van der Waals surface area contributed by atoms with Crippen LogP contribution in [0.5, 0.6) is 5.75 Å². The van der Waals surface area contributed by atoms with E-state index in [-0.39, 0.29) is 23.1 Å². The lowest BCUT2D eigenvalue weighted by Crippen LogP contribution is -2.31. The van der Waals surface area contributed by atoms with Gasteiger partial charge in [0.1, 0.15) is 5.75 Å². The van der Waals surface area contributed by atoms with Gasteiger partial charge in [0.15, 0.2) is 0 Å². The fourth-order valence-electron chi connectivity index (χ4n) is 1.47. The molecule has 1 aromatic rings. The standard InChI is InChI=1S/C12H15N3O2/c1-8(6-13)7-15(2)12(17)10-5-9(16)3-4-11(10)14/h3-5,8,16H,7,14H2,1-2H3. The minimum atomic E-state index is -0.305. The Bertz CT molecular complexity index is 465. The first-order valence-electron chi connectivity index (χ1n) is 5.19. The fraction of sp³-hybridized carbons (Fsp3) is 0.333. The van der Waals surface area contributed by atoms with Crippen LogP contribution in [-0.2, 0) is 0 Å². The monoisotopic (exact) mass is 233 g/mol. The van der Waals surface area contributed by atoms with E-state index in [1.807, 2.05) is 0 Å². The number of benzene rings is 1. The van der Waals surface area contributed by atoms with Crippen LogP contribution in [0.2, 0.25) is 0 Å². The second-order valence-electron chi connectivity index (χ2n) is 3.99. The molecular weight excluding hydrogens is 218 g/mol. The van der Waals surface area contributed by atoms with Crippen molar-refractivity contribution in [2.75, 3.05) is 19.3 Å². The average Bonchev–Trinajstić information content (AvgIpc) is 2.31. The third-order valence-electron chi connectivity index (χ3n) is 2.38. The molecule has 0 aromatic heterocycles. The van der Waals surface area contributed by atoms with Crippen molar-refractivity contribution in [3.8, 4) is 11.8 Å². The number of hydrogen-bond donors (Lipinski definition) is 2. The number of anilines is 1. The second-order valence-corrected chi connectivity index (χ2v) is 3.99. The maximum atomic E-state index is 12.0. The Hall–Kier alpha value is -2.22. The van der Waals surface area contributed by atoms with Gasteiger partial charge in [-0.05, 0) is 25.1 Å². The summed E-state index contributed by atoms with van der Waals surface area (Å²) in [4.78, 5) is 13.4. The zero-order valence-electron chi connectivity index (χ0n) is 9.84. The van der Waals surface area contributed by atoms with Crippen molar-refractivity contribution in [3.63, 3.8) is 0 Å². The van der Waals surface area contributed by atoms with Crippen LogP contribution in [0.4, 0.5) is 5.69 Å². The molecule has 0 heterocycles. The molecule has 3 N–H and O–H groups in total. The van der Waals surface area contributed by atoms with Crippen LogP contribution in [0, 0.1) is 17.2 Å². The number of nitrogen functional groups attached to an aromatic ring is 1. The van der Waals surface area contributed by atoms with Crippen LogP contribution < -0.4 is 5.73 Å². The Morgan fingerprint density at radius 3 is 2.88 bits per heavy atom. The van der Waals surface area contributed by atoms with Gasteiger partial charge in [0, 0.05) is 19.3 Å². The number of hydrogen-bond acceptors (Lipinski definition) is 4. The molecule has 0 aliphatic carbocycles. The minimum Gasteiger partial charge on any atom is -0.508 e. The zero-order valence-corrected chi connectivity index (χ0v) is 9.84. The van der Waals surface area contributed by atoms with Gasteiger partial charge >= 0.3 is 0 Å². The molecule has 1 unspecified atom stereocenters. The number of phenols is 1. The topological polar surface area (TPSA) is 90.3 Å². The van der Waals surface area contributed by atoms with Crippen LogP contribution in [0.1, 0.15) is 17.3 Å². The third kappa shape index (κ3) is 3.11. The van der Waals surface area contributed by atoms with Crippen LogP contribution in [-0.4, -0.2) is 29.5 Å². The van der Waals surface area contributed by atoms with E-state index < -0.39 is 0 Å². The first kappa shape index (κ1) is 12.8. The highest BCUT2D eigenvalue weighted by Gasteiger charge is 2.17. The molecule has 5 nitrogen and oxygen atoms in total. The first-order valence-corrected chi connectivity index (χ1v) is 5.19. The highest BCUT2D eigenvalue weighted by Crippen LogP contribution is 2.20.